The highest BCUT2D eigenvalue weighted by Crippen LogP contribution is 2.37. The third-order valence-electron chi connectivity index (χ3n) is 3.80. The molecule has 2 unspecified atom stereocenters. The number of thioether (sulfide) groups is 1. The summed E-state index contributed by atoms with van der Waals surface area (Å²) in [6, 6.07) is 0. The quantitative estimate of drug-likeness (QED) is 0.467. The number of rotatable bonds is 4. The molecule has 10 heteroatoms. The maximum absolute atomic E-state index is 11.6. The molecule has 25 heavy (non-hydrogen) atoms. The Morgan fingerprint density at radius 2 is 2.28 bits per heavy atom. The molecule has 2 fully saturated rings. The summed E-state index contributed by atoms with van der Waals surface area (Å²) in [5, 5.41) is 5.02. The Balaban J connectivity index is 0.000000212. The number of fused-ring (bicyclic) bond motifs is 1. The van der Waals surface area contributed by atoms with Crippen LogP contribution in [0.2, 0.25) is 0 Å². The zero-order valence-corrected chi connectivity index (χ0v) is 15.0. The van der Waals surface area contributed by atoms with E-state index in [9.17, 15) is 14.4 Å². The van der Waals surface area contributed by atoms with Gasteiger partial charge in [0, 0.05) is 33.7 Å². The topological polar surface area (TPSA) is 120 Å². The van der Waals surface area contributed by atoms with Crippen molar-refractivity contribution in [1.82, 2.24) is 10.2 Å². The lowest BCUT2D eigenvalue weighted by Gasteiger charge is -2.47. The fourth-order valence-corrected chi connectivity index (χ4v) is 3.64. The van der Waals surface area contributed by atoms with Crippen molar-refractivity contribution in [3.63, 3.8) is 0 Å². The first-order valence-electron chi connectivity index (χ1n) is 7.85. The van der Waals surface area contributed by atoms with Crippen molar-refractivity contribution in [2.45, 2.75) is 24.5 Å². The van der Waals surface area contributed by atoms with Gasteiger partial charge in [-0.3, -0.25) is 14.4 Å². The average Bonchev–Trinajstić information content (AvgIpc) is 2.61. The van der Waals surface area contributed by atoms with Crippen LogP contribution in [0.5, 0.6) is 0 Å². The van der Waals surface area contributed by atoms with Gasteiger partial charge in [-0.15, -0.1) is 11.8 Å². The number of nitrogens with zero attached hydrogens (tertiary/aromatic N) is 1. The van der Waals surface area contributed by atoms with Crippen molar-refractivity contribution in [3.8, 4) is 0 Å². The van der Waals surface area contributed by atoms with E-state index in [1.165, 1.54) is 18.7 Å². The van der Waals surface area contributed by atoms with Crippen LogP contribution in [0.1, 0.15) is 6.92 Å². The predicted octanol–water partition coefficient (Wildman–Crippen LogP) is -1.18. The van der Waals surface area contributed by atoms with Crippen LogP contribution in [-0.4, -0.2) is 80.2 Å². The molecule has 140 valence electrons. The second-order valence-electron chi connectivity index (χ2n) is 5.67. The second-order valence-corrected chi connectivity index (χ2v) is 6.66. The minimum atomic E-state index is -0.418. The van der Waals surface area contributed by atoms with Crippen LogP contribution >= 0.6 is 11.8 Å². The maximum atomic E-state index is 11.6. The maximum Gasteiger partial charge on any atom is 0.302 e. The zero-order chi connectivity index (χ0) is 18.4. The molecule has 0 aromatic carbocycles. The molecule has 2 saturated heterocycles. The minimum absolute atomic E-state index is 0.00780. The molecule has 0 bridgehead atoms. The second kappa shape index (κ2) is 9.18. The molecular weight excluding hydrogens is 350 g/mol. The Labute approximate surface area is 150 Å². The molecule has 0 saturated carbocycles. The van der Waals surface area contributed by atoms with Gasteiger partial charge in [0.2, 0.25) is 5.91 Å². The Kier molecular flexibility index (Phi) is 7.24. The van der Waals surface area contributed by atoms with E-state index in [2.05, 4.69) is 5.32 Å². The predicted molar refractivity (Wildman–Crippen MR) is 90.4 cm³/mol. The van der Waals surface area contributed by atoms with E-state index < -0.39 is 6.10 Å². The van der Waals surface area contributed by atoms with Crippen molar-refractivity contribution in [3.05, 3.63) is 11.0 Å². The molecule has 3 aliphatic rings. The summed E-state index contributed by atoms with van der Waals surface area (Å²) >= 11 is 1.54. The number of amides is 2. The lowest BCUT2D eigenvalue weighted by atomic mass is 10.1. The summed E-state index contributed by atoms with van der Waals surface area (Å²) in [5.41, 5.74) is 5.91. The van der Waals surface area contributed by atoms with Crippen LogP contribution in [0.4, 0.5) is 0 Å². The van der Waals surface area contributed by atoms with Crippen molar-refractivity contribution in [1.29, 1.82) is 0 Å². The molecule has 0 aromatic heterocycles. The van der Waals surface area contributed by atoms with E-state index in [1.807, 2.05) is 5.41 Å². The average molecular weight is 373 g/mol. The number of carbonyl (C=O) groups is 3. The molecule has 3 aliphatic heterocycles. The van der Waals surface area contributed by atoms with E-state index in [4.69, 9.17) is 19.9 Å². The van der Waals surface area contributed by atoms with Crippen LogP contribution in [0.3, 0.4) is 0 Å². The van der Waals surface area contributed by atoms with E-state index in [0.29, 0.717) is 19.7 Å². The first-order valence-corrected chi connectivity index (χ1v) is 8.80. The lowest BCUT2D eigenvalue weighted by Crippen LogP contribution is -2.65. The summed E-state index contributed by atoms with van der Waals surface area (Å²) < 4.78 is 15.0. The van der Waals surface area contributed by atoms with Gasteiger partial charge in [0.25, 0.3) is 5.91 Å². The highest BCUT2D eigenvalue weighted by atomic mass is 32.2. The number of ether oxygens (including phenoxy) is 3. The number of morpholine rings is 1. The van der Waals surface area contributed by atoms with E-state index in [-0.39, 0.29) is 35.9 Å². The Bertz CT molecular complexity index is 549. The number of hydrogen-bond acceptors (Lipinski definition) is 8. The fourth-order valence-electron chi connectivity index (χ4n) is 2.47. The number of primary amides is 1. The molecule has 2 amide bonds. The van der Waals surface area contributed by atoms with E-state index in [1.54, 1.807) is 12.0 Å². The van der Waals surface area contributed by atoms with Gasteiger partial charge in [-0.05, 0) is 11.0 Å². The van der Waals surface area contributed by atoms with Gasteiger partial charge in [0.15, 0.2) is 6.10 Å². The van der Waals surface area contributed by atoms with Crippen LogP contribution in [-0.2, 0) is 28.6 Å². The molecule has 3 heterocycles. The number of nitrogens with one attached hydrogen (secondary N) is 1. The number of carbonyl (C=O) groups excluding carboxylic acids is 3. The molecule has 0 aromatic rings. The first-order chi connectivity index (χ1) is 11.9. The highest BCUT2D eigenvalue weighted by molar-refractivity contribution is 8.02. The smallest absolute Gasteiger partial charge is 0.302 e. The van der Waals surface area contributed by atoms with Crippen molar-refractivity contribution in [2.24, 2.45) is 5.73 Å². The number of hydrogen-bond donors (Lipinski definition) is 2. The van der Waals surface area contributed by atoms with Crippen LogP contribution in [0, 0.1) is 0 Å². The third kappa shape index (κ3) is 5.18. The zero-order valence-electron chi connectivity index (χ0n) is 14.2. The Hall–Kier alpha value is -1.62. The molecule has 3 atom stereocenters. The summed E-state index contributed by atoms with van der Waals surface area (Å²) in [6.07, 6.45) is -0.740. The van der Waals surface area contributed by atoms with Gasteiger partial charge in [-0.25, -0.2) is 0 Å². The van der Waals surface area contributed by atoms with E-state index >= 15 is 0 Å². The van der Waals surface area contributed by atoms with Crippen molar-refractivity contribution in [2.75, 3.05) is 40.0 Å². The summed E-state index contributed by atoms with van der Waals surface area (Å²) in [7, 11) is 1.54. The summed E-state index contributed by atoms with van der Waals surface area (Å²) in [5.74, 6) is -0.687. The molecule has 0 aliphatic carbocycles. The molecule has 9 nitrogen and oxygen atoms in total. The largest absolute Gasteiger partial charge is 0.461 e. The normalized spacial score (nSPS) is 27.9. The Morgan fingerprint density at radius 1 is 1.52 bits per heavy atom. The van der Waals surface area contributed by atoms with E-state index in [0.717, 1.165) is 12.1 Å². The number of esters is 1. The highest BCUT2D eigenvalue weighted by Gasteiger charge is 2.49. The molecule has 3 N–H and O–H groups in total. The molecular formula is C15H23N3O6S. The third-order valence-corrected chi connectivity index (χ3v) is 5.05. The van der Waals surface area contributed by atoms with Crippen LogP contribution < -0.4 is 11.1 Å². The summed E-state index contributed by atoms with van der Waals surface area (Å²) in [4.78, 5) is 34.4. The van der Waals surface area contributed by atoms with Gasteiger partial charge in [-0.1, -0.05) is 0 Å². The first kappa shape index (κ1) is 19.7. The van der Waals surface area contributed by atoms with Gasteiger partial charge in [0.05, 0.1) is 6.61 Å². The van der Waals surface area contributed by atoms with Crippen molar-refractivity contribution >= 4 is 29.5 Å². The van der Waals surface area contributed by atoms with Gasteiger partial charge < -0.3 is 30.2 Å². The number of β-lactam (4-membered cyclic amide) rings is 1. The summed E-state index contributed by atoms with van der Waals surface area (Å²) in [6.45, 7) is 4.10. The molecule has 0 radical (unpaired) electrons. The van der Waals surface area contributed by atoms with Crippen LogP contribution in [0.15, 0.2) is 11.0 Å². The lowest BCUT2D eigenvalue weighted by molar-refractivity contribution is -0.161. The van der Waals surface area contributed by atoms with Gasteiger partial charge >= 0.3 is 5.97 Å². The van der Waals surface area contributed by atoms with Crippen LogP contribution in [0.25, 0.3) is 0 Å². The van der Waals surface area contributed by atoms with Gasteiger partial charge in [-0.2, -0.15) is 0 Å². The molecule has 0 spiro atoms. The Morgan fingerprint density at radius 3 is 2.80 bits per heavy atom. The fraction of sp³-hybridized carbons (Fsp3) is 0.667. The number of methoxy groups -OCH3 is 1. The monoisotopic (exact) mass is 373 g/mol. The van der Waals surface area contributed by atoms with Crippen molar-refractivity contribution < 1.29 is 28.6 Å². The number of nitrogens with two attached hydrogens (primary N) is 1. The van der Waals surface area contributed by atoms with Gasteiger partial charge in [0.1, 0.15) is 18.1 Å². The SMILES string of the molecule is CO[C@H]1C(=O)N2CC(COC(C)=O)=CSC12.NC(=O)C1CNCCO1. The minimum Gasteiger partial charge on any atom is -0.461 e. The molecule has 3 rings (SSSR count). The standard InChI is InChI=1S/C10H13NO4S.C5H10N2O2/c1-6(12)15-4-7-3-11-9(13)8(14-2)10(11)16-5-7;6-5(8)4-3-7-1-2-9-4/h5,8,10H,3-4H2,1-2H3;4,7H,1-3H2,(H2,6,8)/t8-,10?;/m0./s1.